The van der Waals surface area contributed by atoms with E-state index < -0.39 is 0 Å². The van der Waals surface area contributed by atoms with Crippen LogP contribution in [0.1, 0.15) is 26.2 Å². The van der Waals surface area contributed by atoms with E-state index in [0.717, 1.165) is 4.88 Å². The minimum atomic E-state index is -0.255. The number of carbonyl (C=O) groups excluding carboxylic acids is 1. The van der Waals surface area contributed by atoms with Crippen molar-refractivity contribution in [2.24, 2.45) is 0 Å². The van der Waals surface area contributed by atoms with Gasteiger partial charge in [-0.3, -0.25) is 4.79 Å². The zero-order valence-corrected chi connectivity index (χ0v) is 14.5. The zero-order valence-electron chi connectivity index (χ0n) is 13.7. The first kappa shape index (κ1) is 17.3. The fourth-order valence-electron chi connectivity index (χ4n) is 2.28. The van der Waals surface area contributed by atoms with Crippen LogP contribution >= 0.6 is 11.3 Å². The third kappa shape index (κ3) is 4.03. The molecule has 0 radical (unpaired) electrons. The summed E-state index contributed by atoms with van der Waals surface area (Å²) in [6, 6.07) is 9.30. The Morgan fingerprint density at radius 3 is 2.26 bits per heavy atom. The molecule has 1 aromatic carbocycles. The van der Waals surface area contributed by atoms with Crippen molar-refractivity contribution in [3.05, 3.63) is 45.6 Å². The summed E-state index contributed by atoms with van der Waals surface area (Å²) < 4.78 is 16.0. The number of thiophene rings is 1. The molecule has 0 aliphatic heterocycles. The number of amides is 1. The number of methoxy groups -OCH3 is 3. The number of benzene rings is 1. The minimum Gasteiger partial charge on any atom is -0.496 e. The van der Waals surface area contributed by atoms with Crippen LogP contribution in [-0.4, -0.2) is 33.8 Å². The molecule has 1 heterocycles. The van der Waals surface area contributed by atoms with Gasteiger partial charge >= 0.3 is 0 Å². The maximum absolute atomic E-state index is 12.5. The number of nitrogens with one attached hydrogen (secondary N) is 1. The molecule has 0 aliphatic rings. The molecule has 0 aliphatic carbocycles. The van der Waals surface area contributed by atoms with E-state index in [-0.39, 0.29) is 12.0 Å². The van der Waals surface area contributed by atoms with Crippen LogP contribution in [0.25, 0.3) is 0 Å². The fraction of sp³-hybridized carbons (Fsp3) is 0.353. The van der Waals surface area contributed by atoms with Crippen LogP contribution in [0.2, 0.25) is 0 Å². The van der Waals surface area contributed by atoms with Crippen LogP contribution in [0.5, 0.6) is 11.5 Å². The standard InChI is InChI=1S/C17H21NO4S/c1-11-8-9-15(23-11)14(22-4)10-18-17(19)16-12(20-2)6-5-7-13(16)21-3/h5-9,14H,10H2,1-4H3,(H,18,19)/t14-/m1/s1. The minimum absolute atomic E-state index is 0.182. The van der Waals surface area contributed by atoms with Crippen molar-refractivity contribution in [3.63, 3.8) is 0 Å². The molecule has 0 saturated carbocycles. The first-order valence-electron chi connectivity index (χ1n) is 7.19. The van der Waals surface area contributed by atoms with Gasteiger partial charge < -0.3 is 19.5 Å². The third-order valence-corrected chi connectivity index (χ3v) is 4.56. The van der Waals surface area contributed by atoms with Crippen molar-refractivity contribution in [3.8, 4) is 11.5 Å². The average molecular weight is 335 g/mol. The van der Waals surface area contributed by atoms with Gasteiger partial charge in [0, 0.05) is 23.4 Å². The molecular weight excluding hydrogens is 314 g/mol. The molecule has 0 spiro atoms. The number of rotatable bonds is 7. The van der Waals surface area contributed by atoms with E-state index >= 15 is 0 Å². The SMILES string of the molecule is COc1cccc(OC)c1C(=O)NC[C@@H](OC)c1ccc(C)s1. The number of hydrogen-bond acceptors (Lipinski definition) is 5. The van der Waals surface area contributed by atoms with E-state index in [4.69, 9.17) is 14.2 Å². The second kappa shape index (κ2) is 7.99. The first-order valence-corrected chi connectivity index (χ1v) is 8.00. The molecule has 1 aromatic heterocycles. The van der Waals surface area contributed by atoms with E-state index in [2.05, 4.69) is 5.32 Å². The number of carbonyl (C=O) groups is 1. The Kier molecular flexibility index (Phi) is 6.01. The average Bonchev–Trinajstić information content (AvgIpc) is 3.00. The molecule has 1 amide bonds. The van der Waals surface area contributed by atoms with Crippen molar-refractivity contribution in [1.29, 1.82) is 0 Å². The lowest BCUT2D eigenvalue weighted by atomic mass is 10.1. The second-order valence-corrected chi connectivity index (χ2v) is 6.24. The van der Waals surface area contributed by atoms with Gasteiger partial charge in [-0.2, -0.15) is 0 Å². The summed E-state index contributed by atoms with van der Waals surface area (Å²) in [7, 11) is 4.69. The Morgan fingerprint density at radius 1 is 1.13 bits per heavy atom. The van der Waals surface area contributed by atoms with E-state index in [1.165, 1.54) is 19.1 Å². The Balaban J connectivity index is 2.13. The molecule has 2 rings (SSSR count). The fourth-order valence-corrected chi connectivity index (χ4v) is 3.23. The summed E-state index contributed by atoms with van der Waals surface area (Å²) in [5, 5.41) is 2.89. The summed E-state index contributed by atoms with van der Waals surface area (Å²) in [6.07, 6.45) is -0.182. The van der Waals surface area contributed by atoms with Gasteiger partial charge in [-0.1, -0.05) is 6.07 Å². The highest BCUT2D eigenvalue weighted by Gasteiger charge is 2.20. The molecule has 5 nitrogen and oxygen atoms in total. The highest BCUT2D eigenvalue weighted by atomic mass is 32.1. The molecule has 1 atom stereocenters. The van der Waals surface area contributed by atoms with Crippen molar-refractivity contribution >= 4 is 17.2 Å². The van der Waals surface area contributed by atoms with E-state index in [9.17, 15) is 4.79 Å². The Bertz CT molecular complexity index is 646. The Morgan fingerprint density at radius 2 is 1.78 bits per heavy atom. The van der Waals surface area contributed by atoms with Crippen molar-refractivity contribution < 1.29 is 19.0 Å². The largest absolute Gasteiger partial charge is 0.496 e. The second-order valence-electron chi connectivity index (χ2n) is 4.92. The van der Waals surface area contributed by atoms with Crippen molar-refractivity contribution in [2.45, 2.75) is 13.0 Å². The zero-order chi connectivity index (χ0) is 16.8. The van der Waals surface area contributed by atoms with E-state index in [1.54, 1.807) is 36.6 Å². The lowest BCUT2D eigenvalue weighted by Crippen LogP contribution is -2.29. The highest BCUT2D eigenvalue weighted by Crippen LogP contribution is 2.29. The van der Waals surface area contributed by atoms with Gasteiger partial charge in [-0.05, 0) is 31.2 Å². The maximum atomic E-state index is 12.5. The van der Waals surface area contributed by atoms with Gasteiger partial charge in [0.2, 0.25) is 0 Å². The van der Waals surface area contributed by atoms with Gasteiger partial charge in [0.25, 0.3) is 5.91 Å². The van der Waals surface area contributed by atoms with E-state index in [1.807, 2.05) is 19.1 Å². The lowest BCUT2D eigenvalue weighted by Gasteiger charge is -2.17. The number of hydrogen-bond donors (Lipinski definition) is 1. The Hall–Kier alpha value is -2.05. The molecule has 6 heteroatoms. The van der Waals surface area contributed by atoms with Crippen LogP contribution in [-0.2, 0) is 4.74 Å². The maximum Gasteiger partial charge on any atom is 0.258 e. The summed E-state index contributed by atoms with van der Waals surface area (Å²) >= 11 is 1.66. The molecule has 2 aromatic rings. The highest BCUT2D eigenvalue weighted by molar-refractivity contribution is 7.12. The first-order chi connectivity index (χ1) is 11.1. The van der Waals surface area contributed by atoms with E-state index in [0.29, 0.717) is 23.6 Å². The molecule has 0 bridgehead atoms. The van der Waals surface area contributed by atoms with Crippen molar-refractivity contribution in [1.82, 2.24) is 5.32 Å². The quantitative estimate of drug-likeness (QED) is 0.844. The van der Waals surface area contributed by atoms with Gasteiger partial charge in [0.05, 0.1) is 14.2 Å². The molecule has 23 heavy (non-hydrogen) atoms. The van der Waals surface area contributed by atoms with Gasteiger partial charge in [-0.15, -0.1) is 11.3 Å². The molecule has 124 valence electrons. The third-order valence-electron chi connectivity index (χ3n) is 3.47. The van der Waals surface area contributed by atoms with Crippen LogP contribution in [0.3, 0.4) is 0 Å². The van der Waals surface area contributed by atoms with Crippen LogP contribution in [0.4, 0.5) is 0 Å². The summed E-state index contributed by atoms with van der Waals surface area (Å²) in [5.41, 5.74) is 0.384. The topological polar surface area (TPSA) is 56.8 Å². The molecule has 1 N–H and O–H groups in total. The molecular formula is C17H21NO4S. The smallest absolute Gasteiger partial charge is 0.258 e. The predicted molar refractivity (Wildman–Crippen MR) is 90.7 cm³/mol. The summed E-state index contributed by atoms with van der Waals surface area (Å²) in [4.78, 5) is 14.8. The van der Waals surface area contributed by atoms with Crippen molar-refractivity contribution in [2.75, 3.05) is 27.9 Å². The van der Waals surface area contributed by atoms with Gasteiger partial charge in [0.1, 0.15) is 23.2 Å². The molecule has 0 fully saturated rings. The summed E-state index contributed by atoms with van der Waals surface area (Å²) in [6.45, 7) is 2.41. The normalized spacial score (nSPS) is 11.8. The van der Waals surface area contributed by atoms with Crippen LogP contribution < -0.4 is 14.8 Å². The van der Waals surface area contributed by atoms with Crippen LogP contribution in [0.15, 0.2) is 30.3 Å². The summed E-state index contributed by atoms with van der Waals surface area (Å²) in [5.74, 6) is 0.695. The lowest BCUT2D eigenvalue weighted by molar-refractivity contribution is 0.0833. The Labute approximate surface area is 140 Å². The monoisotopic (exact) mass is 335 g/mol. The van der Waals surface area contributed by atoms with Crippen LogP contribution in [0, 0.1) is 6.92 Å². The number of ether oxygens (including phenoxy) is 3. The van der Waals surface area contributed by atoms with Gasteiger partial charge in [0.15, 0.2) is 0 Å². The molecule has 0 saturated heterocycles. The number of aryl methyl sites for hydroxylation is 1. The molecule has 0 unspecified atom stereocenters. The van der Waals surface area contributed by atoms with Gasteiger partial charge in [-0.25, -0.2) is 0 Å². The predicted octanol–water partition coefficient (Wildman–Crippen LogP) is 3.19.